The minimum Gasteiger partial charge on any atom is -0.368 e. The Hall–Kier alpha value is -2.90. The summed E-state index contributed by atoms with van der Waals surface area (Å²) in [6.07, 6.45) is 0. The van der Waals surface area contributed by atoms with E-state index >= 15 is 0 Å². The van der Waals surface area contributed by atoms with E-state index in [9.17, 15) is 9.18 Å². The molecule has 3 aromatic rings. The molecule has 1 saturated heterocycles. The highest BCUT2D eigenvalue weighted by atomic mass is 35.5. The van der Waals surface area contributed by atoms with Gasteiger partial charge in [-0.1, -0.05) is 68.2 Å². The molecular formula is C25H26Cl2FN5O. The van der Waals surface area contributed by atoms with Gasteiger partial charge in [0.2, 0.25) is 11.9 Å². The molecule has 4 rings (SSSR count). The number of nitrogens with zero attached hydrogens (tertiary/aromatic N) is 4. The Morgan fingerprint density at radius 2 is 1.76 bits per heavy atom. The van der Waals surface area contributed by atoms with Crippen molar-refractivity contribution in [3.8, 4) is 11.3 Å². The number of benzene rings is 2. The molecule has 1 aliphatic heterocycles. The molecule has 0 aliphatic carbocycles. The average molecular weight is 502 g/mol. The van der Waals surface area contributed by atoms with Crippen molar-refractivity contribution < 1.29 is 9.18 Å². The summed E-state index contributed by atoms with van der Waals surface area (Å²) in [4.78, 5) is 25.0. The average Bonchev–Trinajstić information content (AvgIpc) is 2.77. The molecule has 2 aromatic carbocycles. The van der Waals surface area contributed by atoms with Crippen molar-refractivity contribution in [2.24, 2.45) is 5.41 Å². The number of amides is 1. The van der Waals surface area contributed by atoms with Crippen LogP contribution in [0.15, 0.2) is 48.5 Å². The van der Waals surface area contributed by atoms with Crippen LogP contribution in [0.3, 0.4) is 0 Å². The number of carbonyl (C=O) groups is 1. The molecule has 1 fully saturated rings. The van der Waals surface area contributed by atoms with Crippen LogP contribution in [0.5, 0.6) is 0 Å². The second kappa shape index (κ2) is 9.39. The first-order valence-electron chi connectivity index (χ1n) is 10.9. The third kappa shape index (κ3) is 5.10. The van der Waals surface area contributed by atoms with Gasteiger partial charge in [-0.25, -0.2) is 14.4 Å². The number of hydrogen-bond acceptors (Lipinski definition) is 5. The zero-order valence-electron chi connectivity index (χ0n) is 19.2. The zero-order valence-corrected chi connectivity index (χ0v) is 20.7. The first-order chi connectivity index (χ1) is 16.0. The summed E-state index contributed by atoms with van der Waals surface area (Å²) in [7, 11) is 0. The largest absolute Gasteiger partial charge is 0.368 e. The van der Waals surface area contributed by atoms with Gasteiger partial charge >= 0.3 is 0 Å². The lowest BCUT2D eigenvalue weighted by Crippen LogP contribution is -2.53. The Morgan fingerprint density at radius 3 is 2.38 bits per heavy atom. The molecule has 1 unspecified atom stereocenters. The van der Waals surface area contributed by atoms with Crippen LogP contribution in [-0.4, -0.2) is 40.4 Å². The lowest BCUT2D eigenvalue weighted by molar-refractivity contribution is -0.140. The summed E-state index contributed by atoms with van der Waals surface area (Å²) in [6, 6.07) is 13.8. The first kappa shape index (κ1) is 24.2. The third-order valence-corrected chi connectivity index (χ3v) is 6.26. The fraction of sp³-hybridized carbons (Fsp3) is 0.320. The molecule has 178 valence electrons. The number of rotatable bonds is 3. The van der Waals surface area contributed by atoms with Crippen LogP contribution < -0.4 is 10.6 Å². The fourth-order valence-electron chi connectivity index (χ4n) is 4.19. The van der Waals surface area contributed by atoms with Gasteiger partial charge in [-0.05, 0) is 23.8 Å². The van der Waals surface area contributed by atoms with Crippen LogP contribution in [-0.2, 0) is 4.79 Å². The highest BCUT2D eigenvalue weighted by molar-refractivity contribution is 6.30. The quantitative estimate of drug-likeness (QED) is 0.472. The predicted octanol–water partition coefficient (Wildman–Crippen LogP) is 5.61. The van der Waals surface area contributed by atoms with Gasteiger partial charge in [0.05, 0.1) is 17.4 Å². The number of hydrogen-bond donors (Lipinski definition) is 1. The molecule has 0 bridgehead atoms. The van der Waals surface area contributed by atoms with E-state index in [1.165, 1.54) is 6.07 Å². The predicted molar refractivity (Wildman–Crippen MR) is 134 cm³/mol. The number of anilines is 2. The Balaban J connectivity index is 1.70. The number of nitrogens with two attached hydrogens (primary N) is 1. The van der Waals surface area contributed by atoms with Crippen molar-refractivity contribution in [1.29, 1.82) is 0 Å². The number of carbonyl (C=O) groups excluding carboxylic acids is 1. The number of halogens is 3. The summed E-state index contributed by atoms with van der Waals surface area (Å²) in [5, 5.41) is 0.603. The molecule has 34 heavy (non-hydrogen) atoms. The van der Waals surface area contributed by atoms with Crippen molar-refractivity contribution in [3.63, 3.8) is 0 Å². The Bertz CT molecular complexity index is 1190. The van der Waals surface area contributed by atoms with Gasteiger partial charge < -0.3 is 15.5 Å². The van der Waals surface area contributed by atoms with E-state index in [1.807, 2.05) is 54.8 Å². The van der Waals surface area contributed by atoms with Gasteiger partial charge in [0, 0.05) is 41.7 Å². The van der Waals surface area contributed by atoms with Crippen LogP contribution >= 0.6 is 23.2 Å². The van der Waals surface area contributed by atoms with E-state index in [0.717, 1.165) is 11.1 Å². The van der Waals surface area contributed by atoms with E-state index < -0.39 is 11.2 Å². The van der Waals surface area contributed by atoms with Gasteiger partial charge in [-0.2, -0.15) is 0 Å². The SMILES string of the molecule is CC(C)(C)C(=O)N1CCN(c2ccc(Cl)cc2F)C(c2ccc(-c3cc(Cl)nc(N)n3)cc2)C1. The Morgan fingerprint density at radius 1 is 1.06 bits per heavy atom. The minimum atomic E-state index is -0.506. The normalized spacial score (nSPS) is 16.6. The molecule has 0 radical (unpaired) electrons. The molecule has 9 heteroatoms. The highest BCUT2D eigenvalue weighted by Gasteiger charge is 2.35. The van der Waals surface area contributed by atoms with Gasteiger partial charge in [-0.3, -0.25) is 4.79 Å². The lowest BCUT2D eigenvalue weighted by Gasteiger charge is -2.44. The molecule has 1 aromatic heterocycles. The molecule has 1 aliphatic rings. The van der Waals surface area contributed by atoms with E-state index in [4.69, 9.17) is 28.9 Å². The van der Waals surface area contributed by atoms with E-state index in [0.29, 0.717) is 36.0 Å². The summed E-state index contributed by atoms with van der Waals surface area (Å²) in [5.41, 5.74) is 8.06. The molecule has 1 amide bonds. The van der Waals surface area contributed by atoms with E-state index in [1.54, 1.807) is 18.2 Å². The number of aromatic nitrogens is 2. The van der Waals surface area contributed by atoms with Crippen LogP contribution in [0.4, 0.5) is 16.0 Å². The van der Waals surface area contributed by atoms with Crippen molar-refractivity contribution in [2.75, 3.05) is 30.3 Å². The van der Waals surface area contributed by atoms with Crippen LogP contribution in [0.2, 0.25) is 10.2 Å². The summed E-state index contributed by atoms with van der Waals surface area (Å²) in [6.45, 7) is 7.15. The minimum absolute atomic E-state index is 0.0662. The monoisotopic (exact) mass is 501 g/mol. The van der Waals surface area contributed by atoms with E-state index in [-0.39, 0.29) is 23.1 Å². The van der Waals surface area contributed by atoms with Crippen LogP contribution in [0.1, 0.15) is 32.4 Å². The van der Waals surface area contributed by atoms with Crippen molar-refractivity contribution in [2.45, 2.75) is 26.8 Å². The standard InChI is InChI=1S/C25H26Cl2FN5O/c1-25(2,3)23(34)32-10-11-33(20-9-8-17(26)12-18(20)28)21(14-32)16-6-4-15(5-7-16)19-13-22(27)31-24(29)30-19/h4-9,12-13,21H,10-11,14H2,1-3H3,(H2,29,30,31). The summed E-state index contributed by atoms with van der Waals surface area (Å²) in [5.74, 6) is -0.230. The maximum atomic E-state index is 14.9. The third-order valence-electron chi connectivity index (χ3n) is 5.83. The Labute approximate surface area is 208 Å². The first-order valence-corrected chi connectivity index (χ1v) is 11.7. The van der Waals surface area contributed by atoms with Gasteiger partial charge in [0.1, 0.15) is 11.0 Å². The molecule has 2 N–H and O–H groups in total. The summed E-state index contributed by atoms with van der Waals surface area (Å²) < 4.78 is 14.9. The van der Waals surface area contributed by atoms with Crippen molar-refractivity contribution >= 4 is 40.7 Å². The van der Waals surface area contributed by atoms with Crippen molar-refractivity contribution in [1.82, 2.24) is 14.9 Å². The second-order valence-electron chi connectivity index (χ2n) is 9.36. The Kier molecular flexibility index (Phi) is 6.69. The molecule has 0 saturated carbocycles. The fourth-order valence-corrected chi connectivity index (χ4v) is 4.54. The molecular weight excluding hydrogens is 476 g/mol. The number of piperazine rings is 1. The van der Waals surface area contributed by atoms with Crippen LogP contribution in [0.25, 0.3) is 11.3 Å². The molecule has 0 spiro atoms. The molecule has 1 atom stereocenters. The van der Waals surface area contributed by atoms with Gasteiger partial charge in [0.25, 0.3) is 0 Å². The second-order valence-corrected chi connectivity index (χ2v) is 10.2. The van der Waals surface area contributed by atoms with Gasteiger partial charge in [0.15, 0.2) is 0 Å². The molecule has 2 heterocycles. The summed E-state index contributed by atoms with van der Waals surface area (Å²) >= 11 is 12.0. The van der Waals surface area contributed by atoms with Gasteiger partial charge in [-0.15, -0.1) is 0 Å². The zero-order chi connectivity index (χ0) is 24.6. The van der Waals surface area contributed by atoms with Crippen LogP contribution in [0, 0.1) is 11.2 Å². The lowest BCUT2D eigenvalue weighted by atomic mass is 9.92. The smallest absolute Gasteiger partial charge is 0.228 e. The maximum absolute atomic E-state index is 14.9. The maximum Gasteiger partial charge on any atom is 0.228 e. The highest BCUT2D eigenvalue weighted by Crippen LogP contribution is 2.35. The van der Waals surface area contributed by atoms with Crippen molar-refractivity contribution in [3.05, 3.63) is 70.1 Å². The topological polar surface area (TPSA) is 75.4 Å². The van der Waals surface area contributed by atoms with E-state index in [2.05, 4.69) is 9.97 Å². The number of nitrogen functional groups attached to an aromatic ring is 1. The molecule has 6 nitrogen and oxygen atoms in total.